The summed E-state index contributed by atoms with van der Waals surface area (Å²) in [5, 5.41) is 5.99. The summed E-state index contributed by atoms with van der Waals surface area (Å²) >= 11 is 0. The van der Waals surface area contributed by atoms with E-state index in [1.807, 2.05) is 24.3 Å². The summed E-state index contributed by atoms with van der Waals surface area (Å²) in [6, 6.07) is 16.3. The molecule has 2 aromatic carbocycles. The highest BCUT2D eigenvalue weighted by atomic mass is 16.5. The zero-order valence-electron chi connectivity index (χ0n) is 16.2. The standard InChI is InChI=1S/C21H22N4O4/c1-27-12-17-11-20(23-14-22-17)24-15-6-5-7-16(10-15)25-21(26)13-29-19-9-4-3-8-18(19)28-2/h3-11,14H,12-13H2,1-2H3,(H,25,26)(H,22,23,24). The van der Waals surface area contributed by atoms with Crippen LogP contribution in [0.2, 0.25) is 0 Å². The van der Waals surface area contributed by atoms with Crippen molar-refractivity contribution in [1.29, 1.82) is 0 Å². The van der Waals surface area contributed by atoms with Gasteiger partial charge in [0.1, 0.15) is 12.1 Å². The number of amides is 1. The summed E-state index contributed by atoms with van der Waals surface area (Å²) in [4.78, 5) is 20.6. The van der Waals surface area contributed by atoms with E-state index in [0.29, 0.717) is 29.6 Å². The number of benzene rings is 2. The molecule has 0 fully saturated rings. The minimum absolute atomic E-state index is 0.135. The molecule has 0 aliphatic rings. The van der Waals surface area contributed by atoms with Crippen molar-refractivity contribution >= 4 is 23.1 Å². The van der Waals surface area contributed by atoms with Crippen molar-refractivity contribution in [3.8, 4) is 11.5 Å². The van der Waals surface area contributed by atoms with E-state index in [-0.39, 0.29) is 12.5 Å². The topological polar surface area (TPSA) is 94.6 Å². The number of hydrogen-bond acceptors (Lipinski definition) is 7. The Balaban J connectivity index is 1.59. The molecular formula is C21H22N4O4. The Hall–Kier alpha value is -3.65. The largest absolute Gasteiger partial charge is 0.493 e. The number of hydrogen-bond donors (Lipinski definition) is 2. The first kappa shape index (κ1) is 20.1. The summed E-state index contributed by atoms with van der Waals surface area (Å²) in [5.74, 6) is 1.44. The maximum Gasteiger partial charge on any atom is 0.262 e. The first-order chi connectivity index (χ1) is 14.2. The highest BCUT2D eigenvalue weighted by Gasteiger charge is 2.08. The first-order valence-electron chi connectivity index (χ1n) is 8.90. The van der Waals surface area contributed by atoms with E-state index in [1.54, 1.807) is 44.6 Å². The Labute approximate surface area is 168 Å². The van der Waals surface area contributed by atoms with Gasteiger partial charge >= 0.3 is 0 Å². The molecule has 0 saturated carbocycles. The number of aromatic nitrogens is 2. The lowest BCUT2D eigenvalue weighted by Crippen LogP contribution is -2.20. The lowest BCUT2D eigenvalue weighted by atomic mass is 10.2. The van der Waals surface area contributed by atoms with Crippen LogP contribution in [0, 0.1) is 0 Å². The van der Waals surface area contributed by atoms with Crippen LogP contribution >= 0.6 is 0 Å². The van der Waals surface area contributed by atoms with E-state index in [4.69, 9.17) is 14.2 Å². The molecule has 1 aromatic heterocycles. The predicted octanol–water partition coefficient (Wildman–Crippen LogP) is 3.39. The lowest BCUT2D eigenvalue weighted by Gasteiger charge is -2.11. The fourth-order valence-electron chi connectivity index (χ4n) is 2.59. The van der Waals surface area contributed by atoms with E-state index >= 15 is 0 Å². The highest BCUT2D eigenvalue weighted by molar-refractivity contribution is 5.92. The minimum atomic E-state index is -0.280. The van der Waals surface area contributed by atoms with Crippen LogP contribution in [-0.4, -0.2) is 36.7 Å². The van der Waals surface area contributed by atoms with Crippen molar-refractivity contribution in [3.63, 3.8) is 0 Å². The van der Waals surface area contributed by atoms with Gasteiger partial charge in [-0.1, -0.05) is 18.2 Å². The van der Waals surface area contributed by atoms with Gasteiger partial charge < -0.3 is 24.8 Å². The molecule has 3 rings (SSSR count). The molecule has 0 aliphatic heterocycles. The van der Waals surface area contributed by atoms with Gasteiger partial charge in [-0.05, 0) is 30.3 Å². The number of nitrogens with one attached hydrogen (secondary N) is 2. The predicted molar refractivity (Wildman–Crippen MR) is 110 cm³/mol. The number of rotatable bonds is 9. The zero-order chi connectivity index (χ0) is 20.5. The smallest absolute Gasteiger partial charge is 0.262 e. The second-order valence-corrected chi connectivity index (χ2v) is 6.02. The first-order valence-corrected chi connectivity index (χ1v) is 8.90. The third-order valence-electron chi connectivity index (χ3n) is 3.86. The zero-order valence-corrected chi connectivity index (χ0v) is 16.2. The maximum absolute atomic E-state index is 12.2. The Bertz CT molecular complexity index is 965. The Kier molecular flexibility index (Phi) is 6.96. The maximum atomic E-state index is 12.2. The number of carbonyl (C=O) groups is 1. The van der Waals surface area contributed by atoms with Crippen molar-refractivity contribution < 1.29 is 19.0 Å². The lowest BCUT2D eigenvalue weighted by molar-refractivity contribution is -0.118. The van der Waals surface area contributed by atoms with E-state index in [0.717, 1.165) is 11.4 Å². The number of methoxy groups -OCH3 is 2. The summed E-state index contributed by atoms with van der Waals surface area (Å²) in [6.07, 6.45) is 1.47. The number of nitrogens with zero attached hydrogens (tertiary/aromatic N) is 2. The average molecular weight is 394 g/mol. The van der Waals surface area contributed by atoms with E-state index in [2.05, 4.69) is 20.6 Å². The van der Waals surface area contributed by atoms with E-state index < -0.39 is 0 Å². The summed E-state index contributed by atoms with van der Waals surface area (Å²) < 4.78 is 15.8. The second kappa shape index (κ2) is 10.0. The monoisotopic (exact) mass is 394 g/mol. The van der Waals surface area contributed by atoms with Crippen LogP contribution in [0.4, 0.5) is 17.2 Å². The van der Waals surface area contributed by atoms with Gasteiger partial charge in [0.2, 0.25) is 0 Å². The number of anilines is 3. The molecule has 0 radical (unpaired) electrons. The van der Waals surface area contributed by atoms with E-state index in [9.17, 15) is 4.79 Å². The molecule has 0 saturated heterocycles. The Morgan fingerprint density at radius 1 is 0.966 bits per heavy atom. The number of para-hydroxylation sites is 2. The Morgan fingerprint density at radius 2 is 1.76 bits per heavy atom. The van der Waals surface area contributed by atoms with Crippen LogP contribution in [0.15, 0.2) is 60.9 Å². The van der Waals surface area contributed by atoms with Gasteiger partial charge in [-0.15, -0.1) is 0 Å². The molecule has 8 nitrogen and oxygen atoms in total. The van der Waals surface area contributed by atoms with Crippen molar-refractivity contribution in [2.75, 3.05) is 31.5 Å². The van der Waals surface area contributed by atoms with Gasteiger partial charge in [-0.2, -0.15) is 0 Å². The van der Waals surface area contributed by atoms with Crippen LogP contribution in [0.5, 0.6) is 11.5 Å². The molecule has 8 heteroatoms. The van der Waals surface area contributed by atoms with Crippen LogP contribution in [0.1, 0.15) is 5.69 Å². The molecule has 0 aliphatic carbocycles. The van der Waals surface area contributed by atoms with Gasteiger partial charge in [-0.25, -0.2) is 9.97 Å². The van der Waals surface area contributed by atoms with Gasteiger partial charge in [0, 0.05) is 24.6 Å². The van der Waals surface area contributed by atoms with Crippen LogP contribution < -0.4 is 20.1 Å². The minimum Gasteiger partial charge on any atom is -0.493 e. The highest BCUT2D eigenvalue weighted by Crippen LogP contribution is 2.25. The molecular weight excluding hydrogens is 372 g/mol. The van der Waals surface area contributed by atoms with Crippen molar-refractivity contribution in [2.24, 2.45) is 0 Å². The van der Waals surface area contributed by atoms with Crippen LogP contribution in [-0.2, 0) is 16.1 Å². The van der Waals surface area contributed by atoms with E-state index in [1.165, 1.54) is 6.33 Å². The van der Waals surface area contributed by atoms with Gasteiger partial charge in [0.15, 0.2) is 18.1 Å². The van der Waals surface area contributed by atoms with Gasteiger partial charge in [0.25, 0.3) is 5.91 Å². The SMILES string of the molecule is COCc1cc(Nc2cccc(NC(=O)COc3ccccc3OC)c2)ncn1. The molecule has 29 heavy (non-hydrogen) atoms. The van der Waals surface area contributed by atoms with Crippen molar-refractivity contribution in [2.45, 2.75) is 6.61 Å². The molecule has 1 amide bonds. The molecule has 3 aromatic rings. The summed E-state index contributed by atoms with van der Waals surface area (Å²) in [7, 11) is 3.16. The quantitative estimate of drug-likeness (QED) is 0.574. The van der Waals surface area contributed by atoms with Gasteiger partial charge in [0.05, 0.1) is 19.4 Å². The molecule has 0 spiro atoms. The molecule has 150 valence electrons. The van der Waals surface area contributed by atoms with Gasteiger partial charge in [-0.3, -0.25) is 4.79 Å². The summed E-state index contributed by atoms with van der Waals surface area (Å²) in [5.41, 5.74) is 2.17. The molecule has 1 heterocycles. The molecule has 2 N–H and O–H groups in total. The number of ether oxygens (including phenoxy) is 3. The van der Waals surface area contributed by atoms with Crippen molar-refractivity contribution in [1.82, 2.24) is 9.97 Å². The third kappa shape index (κ3) is 5.91. The number of carbonyl (C=O) groups excluding carboxylic acids is 1. The Morgan fingerprint density at radius 3 is 2.55 bits per heavy atom. The normalized spacial score (nSPS) is 10.3. The fourth-order valence-corrected chi connectivity index (χ4v) is 2.59. The fraction of sp³-hybridized carbons (Fsp3) is 0.190. The van der Waals surface area contributed by atoms with Crippen LogP contribution in [0.25, 0.3) is 0 Å². The molecule has 0 bridgehead atoms. The average Bonchev–Trinajstić information content (AvgIpc) is 2.73. The second-order valence-electron chi connectivity index (χ2n) is 6.02. The molecule has 0 unspecified atom stereocenters. The summed E-state index contributed by atoms with van der Waals surface area (Å²) in [6.45, 7) is 0.268. The van der Waals surface area contributed by atoms with Crippen LogP contribution in [0.3, 0.4) is 0 Å². The molecule has 0 atom stereocenters. The van der Waals surface area contributed by atoms with Crippen molar-refractivity contribution in [3.05, 3.63) is 66.6 Å². The third-order valence-corrected chi connectivity index (χ3v) is 3.86.